The van der Waals surface area contributed by atoms with Crippen LogP contribution in [-0.2, 0) is 16.4 Å². The van der Waals surface area contributed by atoms with Gasteiger partial charge in [-0.1, -0.05) is 6.07 Å². The standard InChI is InChI=1S/C18H23N3O3S/c1-21(2)25(23,24)17-10-8-16(9-11-17)18(22)20-13-4-3-6-15-7-5-12-19-14-15/h5,7-12,14H,3-4,6,13H2,1-2H3,(H,20,22). The molecule has 7 heteroatoms. The zero-order valence-corrected chi connectivity index (χ0v) is 15.3. The first-order valence-electron chi connectivity index (χ1n) is 8.11. The van der Waals surface area contributed by atoms with Crippen molar-refractivity contribution < 1.29 is 13.2 Å². The Morgan fingerprint density at radius 2 is 1.84 bits per heavy atom. The summed E-state index contributed by atoms with van der Waals surface area (Å²) in [6, 6.07) is 9.91. The van der Waals surface area contributed by atoms with Gasteiger partial charge in [0, 0.05) is 38.6 Å². The van der Waals surface area contributed by atoms with Gasteiger partial charge in [0.05, 0.1) is 4.90 Å². The number of benzene rings is 1. The zero-order chi connectivity index (χ0) is 18.3. The molecule has 0 saturated heterocycles. The highest BCUT2D eigenvalue weighted by molar-refractivity contribution is 7.89. The lowest BCUT2D eigenvalue weighted by Crippen LogP contribution is -2.25. The number of hydrogen-bond acceptors (Lipinski definition) is 4. The largest absolute Gasteiger partial charge is 0.352 e. The predicted molar refractivity (Wildman–Crippen MR) is 96.8 cm³/mol. The van der Waals surface area contributed by atoms with Crippen molar-refractivity contribution in [1.82, 2.24) is 14.6 Å². The van der Waals surface area contributed by atoms with Gasteiger partial charge in [0.1, 0.15) is 0 Å². The molecular formula is C18H23N3O3S. The van der Waals surface area contributed by atoms with Crippen molar-refractivity contribution in [3.05, 3.63) is 59.9 Å². The van der Waals surface area contributed by atoms with Crippen molar-refractivity contribution in [3.8, 4) is 0 Å². The highest BCUT2D eigenvalue weighted by Crippen LogP contribution is 2.14. The minimum atomic E-state index is -3.47. The third-order valence-corrected chi connectivity index (χ3v) is 5.62. The predicted octanol–water partition coefficient (Wildman–Crippen LogP) is 2.08. The summed E-state index contributed by atoms with van der Waals surface area (Å²) in [6.07, 6.45) is 6.36. The molecule has 1 amide bonds. The fourth-order valence-electron chi connectivity index (χ4n) is 2.29. The van der Waals surface area contributed by atoms with Crippen LogP contribution in [-0.4, -0.2) is 44.3 Å². The average molecular weight is 361 g/mol. The van der Waals surface area contributed by atoms with E-state index in [9.17, 15) is 13.2 Å². The fraction of sp³-hybridized carbons (Fsp3) is 0.333. The minimum absolute atomic E-state index is 0.172. The second-order valence-corrected chi connectivity index (χ2v) is 8.04. The number of amides is 1. The smallest absolute Gasteiger partial charge is 0.251 e. The first-order valence-corrected chi connectivity index (χ1v) is 9.55. The van der Waals surface area contributed by atoms with Crippen LogP contribution in [0, 0.1) is 0 Å². The summed E-state index contributed by atoms with van der Waals surface area (Å²) < 4.78 is 25.1. The molecule has 0 aliphatic heterocycles. The first kappa shape index (κ1) is 19.1. The average Bonchev–Trinajstić information content (AvgIpc) is 2.62. The first-order chi connectivity index (χ1) is 11.9. The van der Waals surface area contributed by atoms with Gasteiger partial charge in [0.25, 0.3) is 5.91 Å². The topological polar surface area (TPSA) is 79.4 Å². The number of aromatic nitrogens is 1. The molecule has 0 radical (unpaired) electrons. The summed E-state index contributed by atoms with van der Waals surface area (Å²) >= 11 is 0. The van der Waals surface area contributed by atoms with Crippen LogP contribution < -0.4 is 5.32 Å². The molecule has 134 valence electrons. The number of carbonyl (C=O) groups excluding carboxylic acids is 1. The van der Waals surface area contributed by atoms with Gasteiger partial charge in [0.2, 0.25) is 10.0 Å². The normalized spacial score (nSPS) is 11.5. The van der Waals surface area contributed by atoms with Gasteiger partial charge in [-0.2, -0.15) is 0 Å². The van der Waals surface area contributed by atoms with Crippen molar-refractivity contribution in [2.45, 2.75) is 24.2 Å². The maximum atomic E-state index is 12.1. The van der Waals surface area contributed by atoms with Crippen molar-refractivity contribution >= 4 is 15.9 Å². The zero-order valence-electron chi connectivity index (χ0n) is 14.5. The molecule has 0 aliphatic rings. The van der Waals surface area contributed by atoms with E-state index in [4.69, 9.17) is 0 Å². The summed E-state index contributed by atoms with van der Waals surface area (Å²) in [7, 11) is -0.526. The van der Waals surface area contributed by atoms with Crippen LogP contribution in [0.5, 0.6) is 0 Å². The monoisotopic (exact) mass is 361 g/mol. The molecule has 1 heterocycles. The molecule has 0 aliphatic carbocycles. The Balaban J connectivity index is 1.79. The van der Waals surface area contributed by atoms with E-state index in [-0.39, 0.29) is 10.8 Å². The minimum Gasteiger partial charge on any atom is -0.352 e. The lowest BCUT2D eigenvalue weighted by molar-refractivity contribution is 0.0953. The molecule has 1 aromatic carbocycles. The Morgan fingerprint density at radius 3 is 2.44 bits per heavy atom. The van der Waals surface area contributed by atoms with Crippen LogP contribution in [0.1, 0.15) is 28.8 Å². The third kappa shape index (κ3) is 5.37. The molecule has 2 aromatic rings. The lowest BCUT2D eigenvalue weighted by atomic mass is 10.1. The quantitative estimate of drug-likeness (QED) is 0.730. The molecule has 2 rings (SSSR count). The van der Waals surface area contributed by atoms with E-state index in [1.54, 1.807) is 6.20 Å². The van der Waals surface area contributed by atoms with Crippen molar-refractivity contribution in [2.75, 3.05) is 20.6 Å². The van der Waals surface area contributed by atoms with E-state index in [1.165, 1.54) is 43.9 Å². The highest BCUT2D eigenvalue weighted by Gasteiger charge is 2.17. The van der Waals surface area contributed by atoms with E-state index in [1.807, 2.05) is 18.3 Å². The molecule has 0 bridgehead atoms. The number of nitrogens with one attached hydrogen (secondary N) is 1. The fourth-order valence-corrected chi connectivity index (χ4v) is 3.19. The molecule has 0 atom stereocenters. The molecule has 0 fully saturated rings. The van der Waals surface area contributed by atoms with Crippen LogP contribution >= 0.6 is 0 Å². The third-order valence-electron chi connectivity index (χ3n) is 3.80. The Kier molecular flexibility index (Phi) is 6.66. The molecule has 25 heavy (non-hydrogen) atoms. The van der Waals surface area contributed by atoms with Gasteiger partial charge in [-0.05, 0) is 55.2 Å². The molecule has 1 aromatic heterocycles. The van der Waals surface area contributed by atoms with Crippen LogP contribution in [0.25, 0.3) is 0 Å². The summed E-state index contributed by atoms with van der Waals surface area (Å²) in [5, 5.41) is 2.85. The van der Waals surface area contributed by atoms with Gasteiger partial charge >= 0.3 is 0 Å². The Hall–Kier alpha value is -2.25. The summed E-state index contributed by atoms with van der Waals surface area (Å²) in [5.41, 5.74) is 1.64. The van der Waals surface area contributed by atoms with Crippen LogP contribution in [0.15, 0.2) is 53.7 Å². The molecule has 0 unspecified atom stereocenters. The SMILES string of the molecule is CN(C)S(=O)(=O)c1ccc(C(=O)NCCCCc2cccnc2)cc1. The van der Waals surface area contributed by atoms with E-state index < -0.39 is 10.0 Å². The number of aryl methyl sites for hydroxylation is 1. The summed E-state index contributed by atoms with van der Waals surface area (Å²) in [4.78, 5) is 16.3. The van der Waals surface area contributed by atoms with E-state index in [0.29, 0.717) is 12.1 Å². The van der Waals surface area contributed by atoms with E-state index >= 15 is 0 Å². The Bertz CT molecular complexity index is 788. The molecule has 0 saturated carbocycles. The maximum absolute atomic E-state index is 12.1. The van der Waals surface area contributed by atoms with Gasteiger partial charge in [-0.15, -0.1) is 0 Å². The Morgan fingerprint density at radius 1 is 1.12 bits per heavy atom. The molecule has 0 spiro atoms. The number of rotatable bonds is 8. The van der Waals surface area contributed by atoms with Crippen LogP contribution in [0.2, 0.25) is 0 Å². The van der Waals surface area contributed by atoms with Crippen molar-refractivity contribution in [1.29, 1.82) is 0 Å². The highest BCUT2D eigenvalue weighted by atomic mass is 32.2. The second kappa shape index (κ2) is 8.73. The van der Waals surface area contributed by atoms with E-state index in [0.717, 1.165) is 23.6 Å². The number of unbranched alkanes of at least 4 members (excludes halogenated alkanes) is 1. The van der Waals surface area contributed by atoms with Gasteiger partial charge in [-0.3, -0.25) is 9.78 Å². The Labute approximate surface area is 148 Å². The number of carbonyl (C=O) groups is 1. The number of nitrogens with zero attached hydrogens (tertiary/aromatic N) is 2. The molecular weight excluding hydrogens is 338 g/mol. The molecule has 6 nitrogen and oxygen atoms in total. The number of hydrogen-bond donors (Lipinski definition) is 1. The lowest BCUT2D eigenvalue weighted by Gasteiger charge is -2.11. The van der Waals surface area contributed by atoms with Gasteiger partial charge < -0.3 is 5.32 Å². The van der Waals surface area contributed by atoms with Gasteiger partial charge in [-0.25, -0.2) is 12.7 Å². The number of pyridine rings is 1. The van der Waals surface area contributed by atoms with Crippen molar-refractivity contribution in [2.24, 2.45) is 0 Å². The summed E-state index contributed by atoms with van der Waals surface area (Å²) in [6.45, 7) is 0.580. The summed E-state index contributed by atoms with van der Waals surface area (Å²) in [5.74, 6) is -0.199. The second-order valence-electron chi connectivity index (χ2n) is 5.89. The van der Waals surface area contributed by atoms with E-state index in [2.05, 4.69) is 10.3 Å². The van der Waals surface area contributed by atoms with Gasteiger partial charge in [0.15, 0.2) is 0 Å². The molecule has 1 N–H and O–H groups in total. The van der Waals surface area contributed by atoms with Crippen LogP contribution in [0.4, 0.5) is 0 Å². The van der Waals surface area contributed by atoms with Crippen LogP contribution in [0.3, 0.4) is 0 Å². The number of sulfonamides is 1. The maximum Gasteiger partial charge on any atom is 0.251 e. The van der Waals surface area contributed by atoms with Crippen molar-refractivity contribution in [3.63, 3.8) is 0 Å².